The summed E-state index contributed by atoms with van der Waals surface area (Å²) < 4.78 is 7.51. The normalized spacial score (nSPS) is 11.2. The number of fused-ring (bicyclic) bond motifs is 1. The molecule has 0 amide bonds. The van der Waals surface area contributed by atoms with Gasteiger partial charge in [-0.3, -0.25) is 4.57 Å². The second-order valence-corrected chi connectivity index (χ2v) is 6.64. The fourth-order valence-corrected chi connectivity index (χ4v) is 3.59. The lowest BCUT2D eigenvalue weighted by Crippen LogP contribution is -1.96. The molecule has 2 heterocycles. The second kappa shape index (κ2) is 7.11. The molecule has 0 radical (unpaired) electrons. The molecule has 0 aliphatic carbocycles. The van der Waals surface area contributed by atoms with Gasteiger partial charge in [-0.25, -0.2) is 4.98 Å². The SMILES string of the molecule is CCCc1noc(CSc2nc3ccccc3n2-c2ccccc2)n1. The van der Waals surface area contributed by atoms with Gasteiger partial charge in [0.2, 0.25) is 5.89 Å². The lowest BCUT2D eigenvalue weighted by Gasteiger charge is -2.07. The number of benzene rings is 2. The zero-order chi connectivity index (χ0) is 17.1. The Bertz CT molecular complexity index is 977. The van der Waals surface area contributed by atoms with Crippen molar-refractivity contribution in [2.75, 3.05) is 0 Å². The van der Waals surface area contributed by atoms with Crippen LogP contribution in [0, 0.1) is 0 Å². The third kappa shape index (κ3) is 3.30. The van der Waals surface area contributed by atoms with Crippen LogP contribution < -0.4 is 0 Å². The van der Waals surface area contributed by atoms with Gasteiger partial charge < -0.3 is 4.52 Å². The maximum atomic E-state index is 5.34. The van der Waals surface area contributed by atoms with Crippen LogP contribution in [0.4, 0.5) is 0 Å². The summed E-state index contributed by atoms with van der Waals surface area (Å²) in [6.07, 6.45) is 1.85. The van der Waals surface area contributed by atoms with Gasteiger partial charge in [-0.05, 0) is 30.7 Å². The number of rotatable bonds is 6. The average molecular weight is 350 g/mol. The lowest BCUT2D eigenvalue weighted by atomic mass is 10.3. The molecule has 25 heavy (non-hydrogen) atoms. The fraction of sp³-hybridized carbons (Fsp3) is 0.211. The molecule has 0 spiro atoms. The van der Waals surface area contributed by atoms with E-state index in [1.54, 1.807) is 11.8 Å². The number of nitrogens with zero attached hydrogens (tertiary/aromatic N) is 4. The minimum absolute atomic E-state index is 0.604. The van der Waals surface area contributed by atoms with Crippen LogP contribution >= 0.6 is 11.8 Å². The first kappa shape index (κ1) is 15.9. The van der Waals surface area contributed by atoms with Crippen molar-refractivity contribution in [3.8, 4) is 5.69 Å². The van der Waals surface area contributed by atoms with Gasteiger partial charge in [0.05, 0.1) is 16.8 Å². The van der Waals surface area contributed by atoms with Gasteiger partial charge in [0.15, 0.2) is 11.0 Å². The lowest BCUT2D eigenvalue weighted by molar-refractivity contribution is 0.384. The molecule has 2 aromatic carbocycles. The first-order valence-electron chi connectivity index (χ1n) is 8.32. The van der Waals surface area contributed by atoms with Crippen molar-refractivity contribution in [2.45, 2.75) is 30.7 Å². The summed E-state index contributed by atoms with van der Waals surface area (Å²) in [5.74, 6) is 2.02. The van der Waals surface area contributed by atoms with Crippen LogP contribution in [-0.4, -0.2) is 19.7 Å². The molecule has 6 heteroatoms. The predicted octanol–water partition coefficient (Wildman–Crippen LogP) is 4.65. The monoisotopic (exact) mass is 350 g/mol. The largest absolute Gasteiger partial charge is 0.338 e. The smallest absolute Gasteiger partial charge is 0.237 e. The predicted molar refractivity (Wildman–Crippen MR) is 98.9 cm³/mol. The Balaban J connectivity index is 1.66. The van der Waals surface area contributed by atoms with Crippen LogP contribution in [0.3, 0.4) is 0 Å². The molecule has 2 aromatic heterocycles. The maximum Gasteiger partial charge on any atom is 0.237 e. The van der Waals surface area contributed by atoms with E-state index in [1.165, 1.54) is 0 Å². The molecule has 126 valence electrons. The first-order valence-corrected chi connectivity index (χ1v) is 9.31. The topological polar surface area (TPSA) is 56.7 Å². The molecule has 4 rings (SSSR count). The number of hydrogen-bond acceptors (Lipinski definition) is 5. The van der Waals surface area contributed by atoms with Crippen LogP contribution in [0.2, 0.25) is 0 Å². The van der Waals surface area contributed by atoms with E-state index >= 15 is 0 Å². The molecule has 0 N–H and O–H groups in total. The van der Waals surface area contributed by atoms with Gasteiger partial charge in [0.25, 0.3) is 0 Å². The Hall–Kier alpha value is -2.60. The van der Waals surface area contributed by atoms with E-state index in [-0.39, 0.29) is 0 Å². The van der Waals surface area contributed by atoms with Gasteiger partial charge in [-0.1, -0.05) is 54.2 Å². The highest BCUT2D eigenvalue weighted by atomic mass is 32.2. The minimum Gasteiger partial charge on any atom is -0.338 e. The second-order valence-electron chi connectivity index (χ2n) is 5.70. The molecular weight excluding hydrogens is 332 g/mol. The molecule has 0 unspecified atom stereocenters. The van der Waals surface area contributed by atoms with Crippen molar-refractivity contribution >= 4 is 22.8 Å². The Morgan fingerprint density at radius 1 is 1.00 bits per heavy atom. The Kier molecular flexibility index (Phi) is 4.52. The molecule has 0 aliphatic rings. The van der Waals surface area contributed by atoms with Gasteiger partial charge in [-0.15, -0.1) is 0 Å². The van der Waals surface area contributed by atoms with E-state index in [0.717, 1.165) is 40.5 Å². The van der Waals surface area contributed by atoms with Crippen LogP contribution in [0.25, 0.3) is 16.7 Å². The van der Waals surface area contributed by atoms with E-state index in [0.29, 0.717) is 11.6 Å². The fourth-order valence-electron chi connectivity index (χ4n) is 2.73. The zero-order valence-electron chi connectivity index (χ0n) is 13.9. The first-order chi connectivity index (χ1) is 12.3. The van der Waals surface area contributed by atoms with Gasteiger partial charge >= 0.3 is 0 Å². The number of thioether (sulfide) groups is 1. The van der Waals surface area contributed by atoms with Crippen molar-refractivity contribution in [1.29, 1.82) is 0 Å². The van der Waals surface area contributed by atoms with E-state index in [2.05, 4.69) is 39.8 Å². The summed E-state index contributed by atoms with van der Waals surface area (Å²) in [6.45, 7) is 2.10. The van der Waals surface area contributed by atoms with E-state index in [1.807, 2.05) is 36.4 Å². The summed E-state index contributed by atoms with van der Waals surface area (Å²) in [6, 6.07) is 18.4. The zero-order valence-corrected chi connectivity index (χ0v) is 14.7. The third-order valence-corrected chi connectivity index (χ3v) is 4.78. The molecule has 0 aliphatic heterocycles. The maximum absolute atomic E-state index is 5.34. The molecule has 0 saturated carbocycles. The minimum atomic E-state index is 0.604. The number of imidazole rings is 1. The summed E-state index contributed by atoms with van der Waals surface area (Å²) in [5, 5.41) is 4.93. The van der Waals surface area contributed by atoms with Crippen LogP contribution in [0.5, 0.6) is 0 Å². The summed E-state index contributed by atoms with van der Waals surface area (Å²) in [5.41, 5.74) is 3.16. The Morgan fingerprint density at radius 2 is 1.80 bits per heavy atom. The molecule has 0 atom stereocenters. The van der Waals surface area contributed by atoms with Gasteiger partial charge in [-0.2, -0.15) is 4.98 Å². The van der Waals surface area contributed by atoms with E-state index in [9.17, 15) is 0 Å². The summed E-state index contributed by atoms with van der Waals surface area (Å²) in [7, 11) is 0. The van der Waals surface area contributed by atoms with E-state index < -0.39 is 0 Å². The third-order valence-electron chi connectivity index (χ3n) is 3.85. The molecule has 4 aromatic rings. The molecule has 0 fully saturated rings. The quantitative estimate of drug-likeness (QED) is 0.474. The van der Waals surface area contributed by atoms with Crippen molar-refractivity contribution in [3.63, 3.8) is 0 Å². The standard InChI is InChI=1S/C19H18N4OS/c1-2-8-17-21-18(24-22-17)13-25-19-20-15-11-6-7-12-16(15)23(19)14-9-4-3-5-10-14/h3-7,9-12H,2,8,13H2,1H3. The Morgan fingerprint density at radius 3 is 2.64 bits per heavy atom. The van der Waals surface area contributed by atoms with Crippen molar-refractivity contribution in [2.24, 2.45) is 0 Å². The highest BCUT2D eigenvalue weighted by molar-refractivity contribution is 7.98. The summed E-state index contributed by atoms with van der Waals surface area (Å²) >= 11 is 1.61. The number of para-hydroxylation sites is 3. The highest BCUT2D eigenvalue weighted by Gasteiger charge is 2.14. The molecule has 0 bridgehead atoms. The van der Waals surface area contributed by atoms with Crippen molar-refractivity contribution in [1.82, 2.24) is 19.7 Å². The number of aromatic nitrogens is 4. The van der Waals surface area contributed by atoms with Crippen molar-refractivity contribution in [3.05, 3.63) is 66.3 Å². The molecule has 5 nitrogen and oxygen atoms in total. The van der Waals surface area contributed by atoms with Gasteiger partial charge in [0.1, 0.15) is 0 Å². The van der Waals surface area contributed by atoms with Crippen LogP contribution in [-0.2, 0) is 12.2 Å². The molecular formula is C19H18N4OS. The Labute approximate surface area is 150 Å². The van der Waals surface area contributed by atoms with Crippen molar-refractivity contribution < 1.29 is 4.52 Å². The van der Waals surface area contributed by atoms with Crippen LogP contribution in [0.1, 0.15) is 25.1 Å². The molecule has 0 saturated heterocycles. The number of hydrogen-bond donors (Lipinski definition) is 0. The van der Waals surface area contributed by atoms with Gasteiger partial charge in [0, 0.05) is 12.1 Å². The van der Waals surface area contributed by atoms with Crippen LogP contribution in [0.15, 0.2) is 64.3 Å². The van der Waals surface area contributed by atoms with E-state index in [4.69, 9.17) is 9.51 Å². The highest BCUT2D eigenvalue weighted by Crippen LogP contribution is 2.29. The summed E-state index contributed by atoms with van der Waals surface area (Å²) in [4.78, 5) is 9.22. The average Bonchev–Trinajstić information content (AvgIpc) is 3.25. The number of aryl methyl sites for hydroxylation is 1.